The van der Waals surface area contributed by atoms with Crippen molar-refractivity contribution in [3.8, 4) is 0 Å². The Bertz CT molecular complexity index is 546. The molecule has 2 atom stereocenters. The van der Waals surface area contributed by atoms with Crippen molar-refractivity contribution < 1.29 is 22.8 Å². The summed E-state index contributed by atoms with van der Waals surface area (Å²) >= 11 is 0. The Balaban J connectivity index is 1.52. The Kier molecular flexibility index (Phi) is 6.64. The molecule has 25 heavy (non-hydrogen) atoms. The minimum absolute atomic E-state index is 0.111. The highest BCUT2D eigenvalue weighted by atomic mass is 32.2. The number of nitrogens with zero attached hydrogens (tertiary/aromatic N) is 2. The highest BCUT2D eigenvalue weighted by Crippen LogP contribution is 2.18. The third-order valence-corrected chi connectivity index (χ3v) is 6.85. The average molecular weight is 376 g/mol. The molecule has 0 saturated carbocycles. The summed E-state index contributed by atoms with van der Waals surface area (Å²) in [5.41, 5.74) is 2.41. The third-order valence-electron chi connectivity index (χ3n) is 4.85. The lowest BCUT2D eigenvalue weighted by Crippen LogP contribution is -2.60. The lowest BCUT2D eigenvalue weighted by Gasteiger charge is -2.36. The molecule has 0 bridgehead atoms. The van der Waals surface area contributed by atoms with Crippen LogP contribution in [0.1, 0.15) is 38.5 Å². The van der Waals surface area contributed by atoms with E-state index in [9.17, 15) is 13.2 Å². The molecule has 0 spiro atoms. The van der Waals surface area contributed by atoms with Crippen molar-refractivity contribution in [2.45, 2.75) is 50.9 Å². The van der Waals surface area contributed by atoms with E-state index in [1.165, 1.54) is 8.61 Å². The van der Waals surface area contributed by atoms with Crippen LogP contribution in [-0.2, 0) is 24.6 Å². The second-order valence-electron chi connectivity index (χ2n) is 6.71. The summed E-state index contributed by atoms with van der Waals surface area (Å²) in [6.45, 7) is 2.67. The summed E-state index contributed by atoms with van der Waals surface area (Å²) in [4.78, 5) is 17.6. The molecule has 144 valence electrons. The monoisotopic (exact) mass is 376 g/mol. The number of hydroxylamine groups is 1. The molecule has 0 aromatic heterocycles. The maximum Gasteiger partial charge on any atom is 0.282 e. The fourth-order valence-corrected chi connectivity index (χ4v) is 5.07. The van der Waals surface area contributed by atoms with Crippen LogP contribution in [0.3, 0.4) is 0 Å². The molecular weight excluding hydrogens is 348 g/mol. The number of hydrogen-bond donors (Lipinski definition) is 2. The summed E-state index contributed by atoms with van der Waals surface area (Å²) < 4.78 is 33.8. The highest BCUT2D eigenvalue weighted by Gasteiger charge is 2.36. The van der Waals surface area contributed by atoms with Crippen LogP contribution >= 0.6 is 0 Å². The van der Waals surface area contributed by atoms with Gasteiger partial charge >= 0.3 is 0 Å². The van der Waals surface area contributed by atoms with E-state index in [0.29, 0.717) is 32.8 Å². The molecule has 3 fully saturated rings. The maximum atomic E-state index is 12.8. The van der Waals surface area contributed by atoms with Gasteiger partial charge in [0.25, 0.3) is 16.1 Å². The SMILES string of the molecule is O=C(NOC1CCCCO1)C1CN(S(=O)(=O)N2CCCCC2)CCN1. The minimum atomic E-state index is -3.51. The second-order valence-corrected chi connectivity index (χ2v) is 8.64. The topological polar surface area (TPSA) is 100 Å². The summed E-state index contributed by atoms with van der Waals surface area (Å²) in [5.74, 6) is -0.368. The summed E-state index contributed by atoms with van der Waals surface area (Å²) in [5, 5.41) is 3.05. The molecule has 3 aliphatic rings. The van der Waals surface area contributed by atoms with Gasteiger partial charge in [-0.05, 0) is 25.7 Å². The molecule has 0 aromatic rings. The standard InChI is InChI=1S/C15H28N4O5S/c20-15(17-24-14-6-2-5-11-23-14)13-12-19(10-7-16-13)25(21,22)18-8-3-1-4-9-18/h13-14,16H,1-12H2,(H,17,20). The van der Waals surface area contributed by atoms with Crippen molar-refractivity contribution in [2.24, 2.45) is 0 Å². The quantitative estimate of drug-likeness (QED) is 0.632. The van der Waals surface area contributed by atoms with Crippen LogP contribution in [0.4, 0.5) is 0 Å². The molecule has 2 N–H and O–H groups in total. The Morgan fingerprint density at radius 2 is 1.88 bits per heavy atom. The van der Waals surface area contributed by atoms with E-state index in [1.54, 1.807) is 0 Å². The molecular formula is C15H28N4O5S. The van der Waals surface area contributed by atoms with Gasteiger partial charge in [0.1, 0.15) is 6.04 Å². The van der Waals surface area contributed by atoms with Crippen LogP contribution < -0.4 is 10.8 Å². The van der Waals surface area contributed by atoms with E-state index < -0.39 is 22.5 Å². The summed E-state index contributed by atoms with van der Waals surface area (Å²) in [6, 6.07) is -0.628. The number of hydrogen-bond acceptors (Lipinski definition) is 6. The number of amides is 1. The van der Waals surface area contributed by atoms with Gasteiger partial charge in [0.15, 0.2) is 6.29 Å². The molecule has 3 rings (SSSR count). The van der Waals surface area contributed by atoms with E-state index in [2.05, 4.69) is 10.8 Å². The lowest BCUT2D eigenvalue weighted by atomic mass is 10.2. The van der Waals surface area contributed by atoms with Crippen LogP contribution in [0, 0.1) is 0 Å². The molecule has 1 amide bonds. The first-order valence-corrected chi connectivity index (χ1v) is 10.5. The molecule has 0 aromatic carbocycles. The molecule has 0 radical (unpaired) electrons. The van der Waals surface area contributed by atoms with Gasteiger partial charge in [-0.2, -0.15) is 17.0 Å². The van der Waals surface area contributed by atoms with E-state index >= 15 is 0 Å². The predicted molar refractivity (Wildman–Crippen MR) is 90.5 cm³/mol. The number of rotatable bonds is 5. The normalized spacial score (nSPS) is 30.1. The summed E-state index contributed by atoms with van der Waals surface area (Å²) in [6.07, 6.45) is 5.18. The fraction of sp³-hybridized carbons (Fsp3) is 0.933. The predicted octanol–water partition coefficient (Wildman–Crippen LogP) is -0.435. The second kappa shape index (κ2) is 8.74. The van der Waals surface area contributed by atoms with Gasteiger partial charge in [0.2, 0.25) is 0 Å². The maximum absolute atomic E-state index is 12.8. The van der Waals surface area contributed by atoms with E-state index in [-0.39, 0.29) is 12.5 Å². The van der Waals surface area contributed by atoms with Crippen LogP contribution in [0.2, 0.25) is 0 Å². The first-order chi connectivity index (χ1) is 12.1. The number of ether oxygens (including phenoxy) is 1. The zero-order valence-corrected chi connectivity index (χ0v) is 15.3. The van der Waals surface area contributed by atoms with E-state index in [1.807, 2.05) is 0 Å². The van der Waals surface area contributed by atoms with Crippen LogP contribution in [0.5, 0.6) is 0 Å². The van der Waals surface area contributed by atoms with Gasteiger partial charge < -0.3 is 10.1 Å². The average Bonchev–Trinajstić information content (AvgIpc) is 2.67. The van der Waals surface area contributed by atoms with E-state index in [0.717, 1.165) is 38.5 Å². The first kappa shape index (κ1) is 19.0. The van der Waals surface area contributed by atoms with Gasteiger partial charge in [0, 0.05) is 45.8 Å². The number of nitrogens with one attached hydrogen (secondary N) is 2. The number of piperidine rings is 1. The van der Waals surface area contributed by atoms with Gasteiger partial charge in [-0.25, -0.2) is 10.3 Å². The van der Waals surface area contributed by atoms with Gasteiger partial charge in [-0.1, -0.05) is 6.42 Å². The van der Waals surface area contributed by atoms with Crippen LogP contribution in [0.25, 0.3) is 0 Å². The van der Waals surface area contributed by atoms with Crippen molar-refractivity contribution in [1.29, 1.82) is 0 Å². The molecule has 3 aliphatic heterocycles. The van der Waals surface area contributed by atoms with Gasteiger partial charge in [-0.3, -0.25) is 4.79 Å². The van der Waals surface area contributed by atoms with Crippen LogP contribution in [0.15, 0.2) is 0 Å². The molecule has 9 nitrogen and oxygen atoms in total. The molecule has 0 aliphatic carbocycles. The smallest absolute Gasteiger partial charge is 0.282 e. The number of carbonyl (C=O) groups is 1. The largest absolute Gasteiger partial charge is 0.350 e. The Labute approximate surface area is 149 Å². The third kappa shape index (κ3) is 4.89. The first-order valence-electron chi connectivity index (χ1n) is 9.13. The molecule has 2 unspecified atom stereocenters. The highest BCUT2D eigenvalue weighted by molar-refractivity contribution is 7.86. The zero-order chi connectivity index (χ0) is 17.7. The van der Waals surface area contributed by atoms with Crippen molar-refractivity contribution in [3.63, 3.8) is 0 Å². The van der Waals surface area contributed by atoms with Gasteiger partial charge in [-0.15, -0.1) is 0 Å². The fourth-order valence-electron chi connectivity index (χ4n) is 3.37. The number of carbonyl (C=O) groups excluding carboxylic acids is 1. The summed E-state index contributed by atoms with van der Waals surface area (Å²) in [7, 11) is -3.51. The molecule has 10 heteroatoms. The molecule has 3 saturated heterocycles. The van der Waals surface area contributed by atoms with Crippen molar-refractivity contribution in [3.05, 3.63) is 0 Å². The minimum Gasteiger partial charge on any atom is -0.350 e. The van der Waals surface area contributed by atoms with E-state index in [4.69, 9.17) is 9.57 Å². The van der Waals surface area contributed by atoms with Crippen molar-refractivity contribution in [1.82, 2.24) is 19.4 Å². The Morgan fingerprint density at radius 1 is 1.08 bits per heavy atom. The van der Waals surface area contributed by atoms with Crippen molar-refractivity contribution in [2.75, 3.05) is 39.3 Å². The zero-order valence-electron chi connectivity index (χ0n) is 14.5. The number of piperazine rings is 1. The molecule has 3 heterocycles. The van der Waals surface area contributed by atoms with Gasteiger partial charge in [0.05, 0.1) is 0 Å². The Hall–Kier alpha value is -0.780. The Morgan fingerprint density at radius 3 is 2.60 bits per heavy atom. The van der Waals surface area contributed by atoms with Crippen molar-refractivity contribution >= 4 is 16.1 Å². The lowest BCUT2D eigenvalue weighted by molar-refractivity contribution is -0.201. The van der Waals surface area contributed by atoms with Crippen LogP contribution in [-0.4, -0.2) is 74.6 Å².